The van der Waals surface area contributed by atoms with Gasteiger partial charge in [0.1, 0.15) is 0 Å². The zero-order chi connectivity index (χ0) is 15.6. The number of rotatable bonds is 2. The summed E-state index contributed by atoms with van der Waals surface area (Å²) in [7, 11) is 1.45. The summed E-state index contributed by atoms with van der Waals surface area (Å²) in [6.45, 7) is 0. The Labute approximate surface area is 127 Å². The highest BCUT2D eigenvalue weighted by Gasteiger charge is 2.49. The van der Waals surface area contributed by atoms with Gasteiger partial charge in [-0.05, 0) is 55.8 Å². The zero-order valence-corrected chi connectivity index (χ0v) is 12.6. The van der Waals surface area contributed by atoms with Crippen LogP contribution in [0.2, 0.25) is 0 Å². The van der Waals surface area contributed by atoms with Crippen molar-refractivity contribution in [1.82, 2.24) is 9.13 Å². The number of halogens is 3. The van der Waals surface area contributed by atoms with Gasteiger partial charge in [-0.15, -0.1) is 0 Å². The van der Waals surface area contributed by atoms with Crippen LogP contribution in [0.4, 0.5) is 13.2 Å². The van der Waals surface area contributed by atoms with Crippen LogP contribution in [0.1, 0.15) is 43.8 Å². The minimum absolute atomic E-state index is 0.0753. The van der Waals surface area contributed by atoms with Gasteiger partial charge in [0.25, 0.3) is 0 Å². The molecule has 0 saturated heterocycles. The number of hydrogen-bond acceptors (Lipinski definition) is 1. The van der Waals surface area contributed by atoms with E-state index in [0.717, 1.165) is 37.5 Å². The largest absolute Gasteiger partial charge is 0.394 e. The Morgan fingerprint density at radius 2 is 1.64 bits per heavy atom. The molecule has 4 fully saturated rings. The molecule has 4 saturated carbocycles. The SMILES string of the molecule is Cn1c(CC(F)(F)F)cn(C2C3CC4CC(C3)CC2C4)c1=O. The number of aromatic nitrogens is 2. The average molecular weight is 314 g/mol. The van der Waals surface area contributed by atoms with Crippen molar-refractivity contribution < 1.29 is 13.2 Å². The van der Waals surface area contributed by atoms with Crippen LogP contribution in [-0.2, 0) is 13.5 Å². The van der Waals surface area contributed by atoms with Crippen LogP contribution in [0.15, 0.2) is 11.0 Å². The lowest BCUT2D eigenvalue weighted by Crippen LogP contribution is -2.48. The summed E-state index contributed by atoms with van der Waals surface area (Å²) in [5.74, 6) is 2.53. The van der Waals surface area contributed by atoms with E-state index in [2.05, 4.69) is 0 Å². The molecule has 0 spiro atoms. The second kappa shape index (κ2) is 4.65. The maximum absolute atomic E-state index is 12.7. The minimum atomic E-state index is -4.28. The van der Waals surface area contributed by atoms with Crippen molar-refractivity contribution in [3.8, 4) is 0 Å². The van der Waals surface area contributed by atoms with E-state index >= 15 is 0 Å². The Balaban J connectivity index is 1.68. The molecule has 4 aliphatic carbocycles. The molecular weight excluding hydrogens is 293 g/mol. The Bertz CT molecular complexity index is 615. The molecule has 0 aliphatic heterocycles. The monoisotopic (exact) mass is 314 g/mol. The minimum Gasteiger partial charge on any atom is -0.299 e. The van der Waals surface area contributed by atoms with Crippen LogP contribution in [0, 0.1) is 23.7 Å². The van der Waals surface area contributed by atoms with Crippen LogP contribution in [-0.4, -0.2) is 15.3 Å². The highest BCUT2D eigenvalue weighted by molar-refractivity contribution is 5.08. The van der Waals surface area contributed by atoms with Crippen LogP contribution in [0.3, 0.4) is 0 Å². The number of alkyl halides is 3. The molecule has 0 atom stereocenters. The Kier molecular flexibility index (Phi) is 3.04. The lowest BCUT2D eigenvalue weighted by atomic mass is 9.54. The molecule has 1 aromatic heterocycles. The van der Waals surface area contributed by atoms with E-state index in [9.17, 15) is 18.0 Å². The van der Waals surface area contributed by atoms with Crippen molar-refractivity contribution in [3.63, 3.8) is 0 Å². The predicted octanol–water partition coefficient (Wildman–Crippen LogP) is 3.29. The zero-order valence-electron chi connectivity index (χ0n) is 12.6. The third-order valence-corrected chi connectivity index (χ3v) is 6.11. The molecule has 5 rings (SSSR count). The van der Waals surface area contributed by atoms with Crippen molar-refractivity contribution >= 4 is 0 Å². The number of hydrogen-bond donors (Lipinski definition) is 0. The van der Waals surface area contributed by atoms with E-state index in [-0.39, 0.29) is 17.4 Å². The second-order valence-corrected chi connectivity index (χ2v) is 7.58. The first-order valence-corrected chi connectivity index (χ1v) is 8.15. The molecule has 0 unspecified atom stereocenters. The van der Waals surface area contributed by atoms with Gasteiger partial charge >= 0.3 is 11.9 Å². The average Bonchev–Trinajstić information content (AvgIpc) is 2.64. The third kappa shape index (κ3) is 2.22. The van der Waals surface area contributed by atoms with Crippen LogP contribution < -0.4 is 5.69 Å². The van der Waals surface area contributed by atoms with Gasteiger partial charge in [-0.1, -0.05) is 0 Å². The van der Waals surface area contributed by atoms with Crippen molar-refractivity contribution in [1.29, 1.82) is 0 Å². The molecule has 1 aromatic rings. The maximum Gasteiger partial charge on any atom is 0.394 e. The van der Waals surface area contributed by atoms with Crippen molar-refractivity contribution in [2.24, 2.45) is 30.7 Å². The predicted molar refractivity (Wildman–Crippen MR) is 75.5 cm³/mol. The summed E-state index contributed by atoms with van der Waals surface area (Å²) in [6.07, 6.45) is 2.08. The fourth-order valence-electron chi connectivity index (χ4n) is 5.53. The molecule has 22 heavy (non-hydrogen) atoms. The molecule has 3 nitrogen and oxygen atoms in total. The topological polar surface area (TPSA) is 26.9 Å². The molecule has 6 heteroatoms. The Morgan fingerprint density at radius 3 is 2.14 bits per heavy atom. The van der Waals surface area contributed by atoms with Gasteiger partial charge in [0.15, 0.2) is 0 Å². The lowest BCUT2D eigenvalue weighted by Gasteiger charge is -2.54. The van der Waals surface area contributed by atoms with E-state index < -0.39 is 12.6 Å². The van der Waals surface area contributed by atoms with Crippen molar-refractivity contribution in [3.05, 3.63) is 22.4 Å². The van der Waals surface area contributed by atoms with Gasteiger partial charge in [-0.2, -0.15) is 13.2 Å². The Hall–Kier alpha value is -1.20. The molecule has 0 radical (unpaired) electrons. The third-order valence-electron chi connectivity index (χ3n) is 6.11. The molecule has 4 bridgehead atoms. The van der Waals surface area contributed by atoms with E-state index in [4.69, 9.17) is 0 Å². The molecule has 4 aliphatic rings. The van der Waals surface area contributed by atoms with Crippen LogP contribution in [0.5, 0.6) is 0 Å². The van der Waals surface area contributed by atoms with Crippen molar-refractivity contribution in [2.75, 3.05) is 0 Å². The maximum atomic E-state index is 12.7. The van der Waals surface area contributed by atoms with Gasteiger partial charge in [0.05, 0.1) is 6.42 Å². The summed E-state index contributed by atoms with van der Waals surface area (Å²) < 4.78 is 40.8. The first kappa shape index (κ1) is 14.4. The van der Waals surface area contributed by atoms with Gasteiger partial charge < -0.3 is 0 Å². The summed E-state index contributed by atoms with van der Waals surface area (Å²) in [4.78, 5) is 12.5. The fourth-order valence-corrected chi connectivity index (χ4v) is 5.53. The quantitative estimate of drug-likeness (QED) is 0.823. The summed E-state index contributed by atoms with van der Waals surface area (Å²) in [6, 6.07) is 0.119. The van der Waals surface area contributed by atoms with E-state index in [1.165, 1.54) is 24.2 Å². The van der Waals surface area contributed by atoms with Crippen molar-refractivity contribution in [2.45, 2.75) is 50.7 Å². The second-order valence-electron chi connectivity index (χ2n) is 7.58. The van der Waals surface area contributed by atoms with Gasteiger partial charge in [0, 0.05) is 25.0 Å². The Morgan fingerprint density at radius 1 is 1.09 bits per heavy atom. The highest BCUT2D eigenvalue weighted by Crippen LogP contribution is 2.58. The van der Waals surface area contributed by atoms with Gasteiger partial charge in [-0.25, -0.2) is 4.79 Å². The highest BCUT2D eigenvalue weighted by atomic mass is 19.4. The molecule has 0 aromatic carbocycles. The number of imidazole rings is 1. The molecular formula is C16H21F3N2O. The normalized spacial score (nSPS) is 37.0. The lowest BCUT2D eigenvalue weighted by molar-refractivity contribution is -0.128. The fraction of sp³-hybridized carbons (Fsp3) is 0.812. The number of nitrogens with zero attached hydrogens (tertiary/aromatic N) is 2. The summed E-state index contributed by atoms with van der Waals surface area (Å²) in [5, 5.41) is 0. The van der Waals surface area contributed by atoms with Crippen LogP contribution in [0.25, 0.3) is 0 Å². The van der Waals surface area contributed by atoms with Gasteiger partial charge in [-0.3, -0.25) is 9.13 Å². The first-order valence-electron chi connectivity index (χ1n) is 8.15. The van der Waals surface area contributed by atoms with Gasteiger partial charge in [0.2, 0.25) is 0 Å². The summed E-state index contributed by atoms with van der Waals surface area (Å²) in [5.41, 5.74) is -0.206. The van der Waals surface area contributed by atoms with Crippen LogP contribution >= 0.6 is 0 Å². The van der Waals surface area contributed by atoms with E-state index in [0.29, 0.717) is 11.8 Å². The molecule has 0 N–H and O–H groups in total. The summed E-state index contributed by atoms with van der Waals surface area (Å²) >= 11 is 0. The first-order chi connectivity index (χ1) is 10.3. The molecule has 0 amide bonds. The standard InChI is InChI=1S/C16H21F3N2O/c1-20-13(7-16(17,18)19)8-21(15(20)22)14-11-3-9-2-10(5-11)6-12(14)4-9/h8-12,14H,2-7H2,1H3. The molecule has 1 heterocycles. The van der Waals surface area contributed by atoms with E-state index in [1.54, 1.807) is 4.57 Å². The smallest absolute Gasteiger partial charge is 0.299 e. The van der Waals surface area contributed by atoms with E-state index in [1.807, 2.05) is 0 Å². The molecule has 122 valence electrons.